The van der Waals surface area contributed by atoms with Gasteiger partial charge < -0.3 is 14.2 Å². The second kappa shape index (κ2) is 12.4. The van der Waals surface area contributed by atoms with Gasteiger partial charge in [0.1, 0.15) is 22.3 Å². The molecule has 0 amide bonds. The summed E-state index contributed by atoms with van der Waals surface area (Å²) in [5.41, 5.74) is 8.94. The molecular weight excluding hydrogens is 655 g/mol. The first-order chi connectivity index (χ1) is 26.2. The molecule has 53 heavy (non-hydrogen) atoms. The molecule has 0 aliphatic heterocycles. The summed E-state index contributed by atoms with van der Waals surface area (Å²) in [6, 6.07) is 53.8. The summed E-state index contributed by atoms with van der Waals surface area (Å²) in [4.78, 5) is 15.3. The highest BCUT2D eigenvalue weighted by Gasteiger charge is 2.21. The van der Waals surface area contributed by atoms with E-state index in [4.69, 9.17) is 23.8 Å². The van der Waals surface area contributed by atoms with E-state index in [0.717, 1.165) is 71.9 Å². The molecule has 0 saturated heterocycles. The van der Waals surface area contributed by atoms with Gasteiger partial charge in [0, 0.05) is 49.6 Å². The van der Waals surface area contributed by atoms with Crippen molar-refractivity contribution in [3.8, 4) is 34.2 Å². The van der Waals surface area contributed by atoms with Crippen LogP contribution in [0.1, 0.15) is 11.1 Å². The number of benzene rings is 7. The molecule has 7 nitrogen and oxygen atoms in total. The fraction of sp³-hybridized carbons (Fsp3) is 0. The number of rotatable bonds is 7. The van der Waals surface area contributed by atoms with E-state index in [1.54, 1.807) is 0 Å². The number of nitrogens with zero attached hydrogens (tertiary/aromatic N) is 3. The molecule has 0 spiro atoms. The van der Waals surface area contributed by atoms with Crippen molar-refractivity contribution in [2.45, 2.75) is 0 Å². The lowest BCUT2D eigenvalue weighted by molar-refractivity contribution is 0.669. The average molecular weight is 684 g/mol. The Balaban J connectivity index is 1.14. The van der Waals surface area contributed by atoms with Crippen LogP contribution in [0.3, 0.4) is 0 Å². The minimum Gasteiger partial charge on any atom is -0.455 e. The normalized spacial score (nSPS) is 11.5. The molecule has 10 rings (SSSR count). The molecule has 0 bridgehead atoms. The predicted octanol–water partition coefficient (Wildman–Crippen LogP) is 11.8. The van der Waals surface area contributed by atoms with Crippen molar-refractivity contribution in [1.82, 2.24) is 15.0 Å². The summed E-state index contributed by atoms with van der Waals surface area (Å²) in [5.74, 6) is 1.41. The van der Waals surface area contributed by atoms with Crippen molar-refractivity contribution in [3.05, 3.63) is 175 Å². The molecular formula is C46H29N5O2. The van der Waals surface area contributed by atoms with Gasteiger partial charge in [-0.05, 0) is 48.5 Å². The van der Waals surface area contributed by atoms with Crippen LogP contribution in [0.4, 0.5) is 11.4 Å². The smallest absolute Gasteiger partial charge is 0.167 e. The molecule has 10 aromatic rings. The Morgan fingerprint density at radius 3 is 1.66 bits per heavy atom. The lowest BCUT2D eigenvalue weighted by Crippen LogP contribution is -2.06. The van der Waals surface area contributed by atoms with Crippen LogP contribution >= 0.6 is 0 Å². The van der Waals surface area contributed by atoms with Crippen molar-refractivity contribution in [1.29, 1.82) is 5.41 Å². The molecule has 0 aliphatic rings. The Morgan fingerprint density at radius 2 is 1.00 bits per heavy atom. The second-order valence-corrected chi connectivity index (χ2v) is 12.9. The highest BCUT2D eigenvalue weighted by molar-refractivity contribution is 6.15. The molecule has 3 aromatic heterocycles. The van der Waals surface area contributed by atoms with Crippen molar-refractivity contribution in [3.63, 3.8) is 0 Å². The van der Waals surface area contributed by atoms with E-state index in [9.17, 15) is 5.41 Å². The number of anilines is 2. The van der Waals surface area contributed by atoms with Crippen molar-refractivity contribution in [2.24, 2.45) is 0 Å². The average Bonchev–Trinajstić information content (AvgIpc) is 3.80. The monoisotopic (exact) mass is 683 g/mol. The fourth-order valence-corrected chi connectivity index (χ4v) is 7.05. The third kappa shape index (κ3) is 5.30. The Labute approximate surface area is 303 Å². The Kier molecular flexibility index (Phi) is 7.14. The van der Waals surface area contributed by atoms with Crippen LogP contribution < -0.4 is 5.32 Å². The van der Waals surface area contributed by atoms with Crippen LogP contribution in [-0.2, 0) is 0 Å². The maximum Gasteiger partial charge on any atom is 0.167 e. The third-order valence-corrected chi connectivity index (χ3v) is 9.58. The molecule has 2 N–H and O–H groups in total. The molecule has 0 aliphatic carbocycles. The SMILES string of the molecule is N=C(c1cccc(-c2nc(-c3cccc4c3oc3ccccc34)nc(-c3cccc4c3oc3ccccc34)n2)c1)c1ccccc1Nc1ccccc1. The lowest BCUT2D eigenvalue weighted by atomic mass is 9.98. The quantitative estimate of drug-likeness (QED) is 0.162. The number of hydrogen-bond donors (Lipinski definition) is 2. The molecule has 0 saturated carbocycles. The van der Waals surface area contributed by atoms with Crippen LogP contribution in [0.15, 0.2) is 173 Å². The third-order valence-electron chi connectivity index (χ3n) is 9.58. The van der Waals surface area contributed by atoms with Crippen molar-refractivity contribution < 1.29 is 8.83 Å². The summed E-state index contributed by atoms with van der Waals surface area (Å²) in [7, 11) is 0. The first kappa shape index (κ1) is 30.4. The molecule has 0 radical (unpaired) electrons. The van der Waals surface area contributed by atoms with E-state index in [2.05, 4.69) is 29.6 Å². The first-order valence-electron chi connectivity index (χ1n) is 17.4. The molecule has 250 valence electrons. The zero-order valence-corrected chi connectivity index (χ0v) is 28.2. The van der Waals surface area contributed by atoms with E-state index in [-0.39, 0.29) is 0 Å². The molecule has 0 unspecified atom stereocenters. The number of furan rings is 2. The maximum atomic E-state index is 9.36. The summed E-state index contributed by atoms with van der Waals surface area (Å²) in [6.07, 6.45) is 0. The highest BCUT2D eigenvalue weighted by atomic mass is 16.3. The van der Waals surface area contributed by atoms with Gasteiger partial charge in [0.25, 0.3) is 0 Å². The fourth-order valence-electron chi connectivity index (χ4n) is 7.05. The maximum absolute atomic E-state index is 9.36. The Bertz CT molecular complexity index is 2890. The van der Waals surface area contributed by atoms with E-state index in [1.807, 2.05) is 140 Å². The molecule has 0 atom stereocenters. The van der Waals surface area contributed by atoms with E-state index >= 15 is 0 Å². The first-order valence-corrected chi connectivity index (χ1v) is 17.4. The van der Waals surface area contributed by atoms with Gasteiger partial charge in [0.15, 0.2) is 17.5 Å². The van der Waals surface area contributed by atoms with Crippen LogP contribution in [0.5, 0.6) is 0 Å². The van der Waals surface area contributed by atoms with Crippen molar-refractivity contribution >= 4 is 61.0 Å². The number of hydrogen-bond acceptors (Lipinski definition) is 7. The molecule has 7 aromatic carbocycles. The summed E-state index contributed by atoms with van der Waals surface area (Å²) >= 11 is 0. The van der Waals surface area contributed by atoms with Gasteiger partial charge in [-0.2, -0.15) is 0 Å². The Hall–Kier alpha value is -7.38. The molecule has 0 fully saturated rings. The van der Waals surface area contributed by atoms with E-state index < -0.39 is 0 Å². The minimum atomic E-state index is 0.375. The predicted molar refractivity (Wildman–Crippen MR) is 213 cm³/mol. The number of nitrogens with one attached hydrogen (secondary N) is 2. The van der Waals surface area contributed by atoms with Gasteiger partial charge in [-0.1, -0.05) is 115 Å². The summed E-state index contributed by atoms with van der Waals surface area (Å²) in [5, 5.41) is 16.9. The lowest BCUT2D eigenvalue weighted by Gasteiger charge is -2.14. The van der Waals surface area contributed by atoms with Gasteiger partial charge in [-0.3, -0.25) is 5.41 Å². The van der Waals surface area contributed by atoms with Crippen LogP contribution in [0.2, 0.25) is 0 Å². The highest BCUT2D eigenvalue weighted by Crippen LogP contribution is 2.38. The Morgan fingerprint density at radius 1 is 0.472 bits per heavy atom. The van der Waals surface area contributed by atoms with Crippen LogP contribution in [-0.4, -0.2) is 20.7 Å². The summed E-state index contributed by atoms with van der Waals surface area (Å²) in [6.45, 7) is 0. The van der Waals surface area contributed by atoms with Crippen LogP contribution in [0.25, 0.3) is 78.0 Å². The summed E-state index contributed by atoms with van der Waals surface area (Å²) < 4.78 is 12.9. The molecule has 3 heterocycles. The number of fused-ring (bicyclic) bond motifs is 6. The standard InChI is InChI=1S/C46H29N5O2/c47-41(35-19-4-7-24-38(35)48-30-15-2-1-3-16-30)28-13-10-14-29(27-28)44-49-45(36-22-11-20-33-31-17-5-8-25-39(31)52-42(33)36)51-46(50-44)37-23-12-21-34-32-18-6-9-26-40(32)53-43(34)37/h1-27,47-48H. The van der Waals surface area contributed by atoms with Gasteiger partial charge >= 0.3 is 0 Å². The van der Waals surface area contributed by atoms with Crippen molar-refractivity contribution in [2.75, 3.05) is 5.32 Å². The largest absolute Gasteiger partial charge is 0.455 e. The van der Waals surface area contributed by atoms with E-state index in [1.165, 1.54) is 0 Å². The number of para-hydroxylation sites is 6. The van der Waals surface area contributed by atoms with Gasteiger partial charge in [-0.15, -0.1) is 0 Å². The second-order valence-electron chi connectivity index (χ2n) is 12.9. The zero-order valence-electron chi connectivity index (χ0n) is 28.2. The van der Waals surface area contributed by atoms with Gasteiger partial charge in [0.2, 0.25) is 0 Å². The van der Waals surface area contributed by atoms with Gasteiger partial charge in [0.05, 0.1) is 16.8 Å². The number of aromatic nitrogens is 3. The zero-order chi connectivity index (χ0) is 35.3. The molecule has 7 heteroatoms. The van der Waals surface area contributed by atoms with Gasteiger partial charge in [-0.25, -0.2) is 15.0 Å². The van der Waals surface area contributed by atoms with E-state index in [0.29, 0.717) is 34.4 Å². The topological polar surface area (TPSA) is 101 Å². The van der Waals surface area contributed by atoms with Crippen LogP contribution in [0, 0.1) is 5.41 Å². The minimum absolute atomic E-state index is 0.375.